The van der Waals surface area contributed by atoms with E-state index in [0.717, 1.165) is 129 Å². The maximum atomic E-state index is 12.7. The Morgan fingerprint density at radius 2 is 1.71 bits per heavy atom. The number of hydrogen-bond donors (Lipinski definition) is 7. The van der Waals surface area contributed by atoms with Crippen molar-refractivity contribution >= 4 is 5.96 Å². The Balaban J connectivity index is 0.965. The number of hydrogen-bond acceptors (Lipinski definition) is 13. The number of phenolic OH excluding ortho intramolecular Hbond substituents is 1. The third-order valence-corrected chi connectivity index (χ3v) is 21.8. The number of aliphatic imine (C=N–C) groups is 1. The monoisotopic (exact) mass is 1100 g/mol. The van der Waals surface area contributed by atoms with Gasteiger partial charge in [-0.3, -0.25) is 4.99 Å². The smallest absolute Gasteiger partial charge is 0.188 e. The van der Waals surface area contributed by atoms with Crippen LogP contribution in [0.3, 0.4) is 0 Å². The maximum Gasteiger partial charge on any atom is 0.188 e. The third-order valence-electron chi connectivity index (χ3n) is 21.8. The van der Waals surface area contributed by atoms with E-state index in [-0.39, 0.29) is 65.2 Å². The Hall–Kier alpha value is -4.97. The van der Waals surface area contributed by atoms with E-state index in [2.05, 4.69) is 56.3 Å². The van der Waals surface area contributed by atoms with Gasteiger partial charge in [-0.15, -0.1) is 0 Å². The summed E-state index contributed by atoms with van der Waals surface area (Å²) in [6.07, 6.45) is 21.0. The van der Waals surface area contributed by atoms with Crippen LogP contribution in [0.15, 0.2) is 53.5 Å². The number of nitrogens with two attached hydrogens (primary N) is 1. The van der Waals surface area contributed by atoms with E-state index >= 15 is 0 Å². The molecule has 3 aromatic rings. The van der Waals surface area contributed by atoms with Gasteiger partial charge in [-0.05, 0) is 188 Å². The number of guanidine groups is 1. The van der Waals surface area contributed by atoms with E-state index in [1.54, 1.807) is 7.11 Å². The number of aliphatic hydroxyl groups excluding tert-OH is 3. The fourth-order valence-corrected chi connectivity index (χ4v) is 17.6. The lowest BCUT2D eigenvalue weighted by atomic mass is 9.57. The van der Waals surface area contributed by atoms with Crippen LogP contribution in [0.4, 0.5) is 0 Å². The first-order valence-corrected chi connectivity index (χ1v) is 31.0. The van der Waals surface area contributed by atoms with Gasteiger partial charge in [0.1, 0.15) is 35.6 Å². The second kappa shape index (κ2) is 22.6. The number of allylic oxidation sites excluding steroid dienone is 2. The lowest BCUT2D eigenvalue weighted by Crippen LogP contribution is -2.54. The van der Waals surface area contributed by atoms with Gasteiger partial charge in [0.25, 0.3) is 0 Å². The number of nitrogens with zero attached hydrogens (tertiary/aromatic N) is 1. The summed E-state index contributed by atoms with van der Waals surface area (Å²) in [5.74, 6) is 7.33. The standard InChI is InChI=1S/C67H89N3O10/c1-5-40-27-43-13-12-42(40)28-48(72)35-66(19-9-18-65(66)22-25-78-59(36-65)67(75)20-6-7-21-67)38-70-64(68)69-23-17-49-45(37-71)14-11-41-10-8-24-77-55-16-15-44(32-57(55)80-62(41)49)63-54(74)33-52-56(79-63)34-58(76-4)61-51-30-47(26-39(2)3)53(73)31-46(51)29-50(43)60(52)61/h12-13,15-16,30-32,34,39-43,45,48-50,54,59,62-63,71-75H,5-7,9-11,14,17-23,25-29,33,35-38H2,1-4H3,(H3,68,69,70). The van der Waals surface area contributed by atoms with Gasteiger partial charge in [-0.2, -0.15) is 0 Å². The summed E-state index contributed by atoms with van der Waals surface area (Å²) in [4.78, 5) is 5.23. The fraction of sp³-hybridized carbons (Fsp3) is 0.657. The number of ether oxygens (including phenoxy) is 5. The van der Waals surface area contributed by atoms with Crippen LogP contribution in [0.2, 0.25) is 0 Å². The number of aromatic hydroxyl groups is 1. The molecule has 13 nitrogen and oxygen atoms in total. The van der Waals surface area contributed by atoms with Crippen molar-refractivity contribution < 1.29 is 49.2 Å². The summed E-state index contributed by atoms with van der Waals surface area (Å²) >= 11 is 0. The molecular formula is C67H89N3O10. The predicted octanol–water partition coefficient (Wildman–Crippen LogP) is 10.4. The second-order valence-electron chi connectivity index (χ2n) is 26.7. The quantitative estimate of drug-likeness (QED) is 0.0913. The largest absolute Gasteiger partial charge is 0.508 e. The van der Waals surface area contributed by atoms with Crippen molar-refractivity contribution in [3.8, 4) is 51.9 Å². The molecule has 1 saturated heterocycles. The Labute approximate surface area is 474 Å². The molecule has 4 fully saturated rings. The first kappa shape index (κ1) is 55.6. The minimum absolute atomic E-state index is 0.00910. The summed E-state index contributed by atoms with van der Waals surface area (Å²) in [6, 6.07) is 11.9. The summed E-state index contributed by atoms with van der Waals surface area (Å²) < 4.78 is 33.3. The topological polar surface area (TPSA) is 198 Å². The highest BCUT2D eigenvalue weighted by Gasteiger charge is 2.59. The third kappa shape index (κ3) is 10.3. The van der Waals surface area contributed by atoms with Gasteiger partial charge in [0.15, 0.2) is 17.5 Å². The number of methoxy groups -OCH3 is 1. The van der Waals surface area contributed by atoms with Crippen LogP contribution in [-0.4, -0.2) is 94.9 Å². The van der Waals surface area contributed by atoms with Crippen molar-refractivity contribution in [2.24, 2.45) is 63.0 Å². The zero-order valence-electron chi connectivity index (χ0n) is 47.9. The molecule has 3 aromatic carbocycles. The zero-order valence-corrected chi connectivity index (χ0v) is 47.9. The highest BCUT2D eigenvalue weighted by Crippen LogP contribution is 2.64. The van der Waals surface area contributed by atoms with Crippen LogP contribution in [0, 0.1) is 64.3 Å². The molecule has 80 heavy (non-hydrogen) atoms. The first-order chi connectivity index (χ1) is 38.7. The number of aliphatic hydroxyl groups is 4. The molecule has 7 heterocycles. The maximum absolute atomic E-state index is 12.7. The Bertz CT molecular complexity index is 2890. The van der Waals surface area contributed by atoms with Crippen LogP contribution < -0.4 is 30.0 Å². The number of phenols is 1. The Morgan fingerprint density at radius 3 is 2.51 bits per heavy atom. The highest BCUT2D eigenvalue weighted by atomic mass is 16.5. The molecule has 0 amide bonds. The van der Waals surface area contributed by atoms with Gasteiger partial charge >= 0.3 is 0 Å². The van der Waals surface area contributed by atoms with Crippen molar-refractivity contribution in [1.29, 1.82) is 0 Å². The first-order valence-electron chi connectivity index (χ1n) is 31.0. The number of rotatable bonds is 6. The normalized spacial score (nSPS) is 35.4. The van der Waals surface area contributed by atoms with E-state index in [0.29, 0.717) is 105 Å². The van der Waals surface area contributed by atoms with Crippen LogP contribution in [0.5, 0.6) is 28.7 Å². The summed E-state index contributed by atoms with van der Waals surface area (Å²) in [5, 5.41) is 63.4. The lowest BCUT2D eigenvalue weighted by Gasteiger charge is -2.53. The molecule has 14 unspecified atom stereocenters. The van der Waals surface area contributed by atoms with Crippen molar-refractivity contribution in [3.63, 3.8) is 0 Å². The fourth-order valence-electron chi connectivity index (χ4n) is 17.6. The Kier molecular flexibility index (Phi) is 15.7. The van der Waals surface area contributed by atoms with Gasteiger partial charge < -0.3 is 60.3 Å². The van der Waals surface area contributed by atoms with Crippen molar-refractivity contribution in [3.05, 3.63) is 76.4 Å². The molecule has 0 aromatic heterocycles. The lowest BCUT2D eigenvalue weighted by molar-refractivity contribution is -0.174. The molecule has 2 spiro atoms. The van der Waals surface area contributed by atoms with Gasteiger partial charge in [0, 0.05) is 68.2 Å². The highest BCUT2D eigenvalue weighted by molar-refractivity contribution is 5.84. The van der Waals surface area contributed by atoms with E-state index in [1.165, 1.54) is 0 Å². The van der Waals surface area contributed by atoms with Crippen molar-refractivity contribution in [1.82, 2.24) is 5.32 Å². The van der Waals surface area contributed by atoms with E-state index < -0.39 is 23.9 Å². The van der Waals surface area contributed by atoms with Crippen molar-refractivity contribution in [2.75, 3.05) is 33.4 Å². The average Bonchev–Trinajstić information content (AvgIpc) is 4.15. The van der Waals surface area contributed by atoms with Crippen molar-refractivity contribution in [2.45, 2.75) is 191 Å². The molecule has 12 aliphatic rings. The minimum Gasteiger partial charge on any atom is -0.508 e. The van der Waals surface area contributed by atoms with Gasteiger partial charge in [0.05, 0.1) is 31.0 Å². The van der Waals surface area contributed by atoms with E-state index in [1.807, 2.05) is 30.3 Å². The van der Waals surface area contributed by atoms with Gasteiger partial charge in [-0.1, -0.05) is 70.6 Å². The summed E-state index contributed by atoms with van der Waals surface area (Å²) in [7, 11) is 1.72. The number of benzene rings is 3. The van der Waals surface area contributed by atoms with Crippen LogP contribution in [-0.2, 0) is 24.0 Å². The molecule has 3 saturated carbocycles. The average molecular weight is 1100 g/mol. The zero-order chi connectivity index (χ0) is 55.5. The minimum atomic E-state index is -0.905. The molecule has 9 bridgehead atoms. The van der Waals surface area contributed by atoms with Gasteiger partial charge in [-0.25, -0.2) is 0 Å². The molecule has 15 rings (SSSR count). The summed E-state index contributed by atoms with van der Waals surface area (Å²) in [5.41, 5.74) is 12.5. The molecule has 13 heteroatoms. The second-order valence-corrected chi connectivity index (χ2v) is 26.7. The molecule has 7 aliphatic heterocycles. The van der Waals surface area contributed by atoms with E-state index in [4.69, 9.17) is 34.4 Å². The number of fused-ring (bicyclic) bond motifs is 2. The van der Waals surface area contributed by atoms with Gasteiger partial charge in [0.2, 0.25) is 0 Å². The molecule has 8 N–H and O–H groups in total. The molecule has 14 atom stereocenters. The number of nitrogens with one attached hydrogen (secondary N) is 1. The van der Waals surface area contributed by atoms with E-state index in [9.17, 15) is 25.5 Å². The van der Waals surface area contributed by atoms with Crippen LogP contribution >= 0.6 is 0 Å². The SMILES string of the molecule is CCC1CC2C=CC1CC(O)CC1(CCCC13CCOC(C1(O)CCCC1)C3)CN=C(N)NCCC1C(CO)CCC3CC#COc4ccc(cc4OC31)C1Oc3cc(OC)c4c(c3CC1O)C2Cc1cc(O)c(CC(C)C)cc1-4. The molecule has 5 aliphatic carbocycles. The Morgan fingerprint density at radius 1 is 0.887 bits per heavy atom. The molecular weight excluding hydrogens is 1010 g/mol. The summed E-state index contributed by atoms with van der Waals surface area (Å²) in [6.45, 7) is 8.25. The van der Waals surface area contributed by atoms with Crippen LogP contribution in [0.1, 0.15) is 170 Å². The predicted molar refractivity (Wildman–Crippen MR) is 309 cm³/mol. The van der Waals surface area contributed by atoms with Crippen LogP contribution in [0.25, 0.3) is 11.1 Å². The molecule has 0 radical (unpaired) electrons. The molecule has 432 valence electrons.